The molecule has 1 rings (SSSR count). The summed E-state index contributed by atoms with van der Waals surface area (Å²) in [6.07, 6.45) is -0.497. The van der Waals surface area contributed by atoms with E-state index in [4.69, 9.17) is 21.1 Å². The molecule has 0 unspecified atom stereocenters. The highest BCUT2D eigenvalue weighted by atomic mass is 35.5. The van der Waals surface area contributed by atoms with E-state index in [-0.39, 0.29) is 25.2 Å². The molecule has 0 aromatic heterocycles. The van der Waals surface area contributed by atoms with Crippen molar-refractivity contribution in [3.63, 3.8) is 0 Å². The van der Waals surface area contributed by atoms with Gasteiger partial charge in [0.15, 0.2) is 5.78 Å². The molecule has 0 saturated carbocycles. The molecule has 0 spiro atoms. The average Bonchev–Trinajstić information content (AvgIpc) is 2.54. The maximum absolute atomic E-state index is 12.5. The van der Waals surface area contributed by atoms with Crippen molar-refractivity contribution in [1.82, 2.24) is 5.32 Å². The normalized spacial score (nSPS) is 10.6. The number of halogens is 1. The number of hydrogen-bond donors (Lipinski definition) is 1. The smallest absolute Gasteiger partial charge is 0.344 e. The standard InChI is InChI=1S/C16H18ClNO6/c1-3-23-14(21)16(18-10-19,15(22)24-4-2)9-13(20)11-6-5-7-12(17)8-11/h5-8,10H,3-4,9H2,1-2H3,(H,18,19). The lowest BCUT2D eigenvalue weighted by Crippen LogP contribution is -2.60. The van der Waals surface area contributed by atoms with E-state index in [0.717, 1.165) is 0 Å². The molecule has 0 fully saturated rings. The third-order valence-corrected chi connectivity index (χ3v) is 3.36. The van der Waals surface area contributed by atoms with Crippen LogP contribution in [0.4, 0.5) is 0 Å². The van der Waals surface area contributed by atoms with Crippen molar-refractivity contribution in [2.24, 2.45) is 0 Å². The van der Waals surface area contributed by atoms with Crippen molar-refractivity contribution in [2.45, 2.75) is 25.8 Å². The van der Waals surface area contributed by atoms with Gasteiger partial charge < -0.3 is 14.8 Å². The van der Waals surface area contributed by atoms with Gasteiger partial charge in [-0.25, -0.2) is 9.59 Å². The predicted octanol–water partition coefficient (Wildman–Crippen LogP) is 1.52. The molecule has 1 aromatic carbocycles. The average molecular weight is 356 g/mol. The number of ether oxygens (including phenoxy) is 2. The Hall–Kier alpha value is -2.41. The number of carbonyl (C=O) groups is 4. The van der Waals surface area contributed by atoms with Crippen LogP contribution in [0.3, 0.4) is 0 Å². The van der Waals surface area contributed by atoms with Gasteiger partial charge >= 0.3 is 11.9 Å². The summed E-state index contributed by atoms with van der Waals surface area (Å²) in [6, 6.07) is 6.01. The van der Waals surface area contributed by atoms with Crippen LogP contribution in [0.5, 0.6) is 0 Å². The SMILES string of the molecule is CCOC(=O)C(CC(=O)c1cccc(Cl)c1)(NC=O)C(=O)OCC. The molecule has 0 radical (unpaired) electrons. The third kappa shape index (κ3) is 4.55. The minimum Gasteiger partial charge on any atom is -0.464 e. The van der Waals surface area contributed by atoms with Crippen molar-refractivity contribution in [1.29, 1.82) is 0 Å². The molecular formula is C16H18ClNO6. The minimum atomic E-state index is -2.24. The van der Waals surface area contributed by atoms with Gasteiger partial charge in [-0.3, -0.25) is 9.59 Å². The van der Waals surface area contributed by atoms with Crippen LogP contribution >= 0.6 is 11.6 Å². The molecule has 0 aliphatic carbocycles. The first-order valence-electron chi connectivity index (χ1n) is 7.25. The zero-order valence-corrected chi connectivity index (χ0v) is 14.1. The first-order valence-corrected chi connectivity index (χ1v) is 7.63. The van der Waals surface area contributed by atoms with Crippen molar-refractivity contribution >= 4 is 35.7 Å². The van der Waals surface area contributed by atoms with E-state index >= 15 is 0 Å². The zero-order valence-electron chi connectivity index (χ0n) is 13.3. The summed E-state index contributed by atoms with van der Waals surface area (Å²) in [5, 5.41) is 2.42. The van der Waals surface area contributed by atoms with E-state index in [2.05, 4.69) is 5.32 Å². The molecule has 0 saturated heterocycles. The molecule has 1 amide bonds. The predicted molar refractivity (Wildman–Crippen MR) is 85.6 cm³/mol. The Balaban J connectivity index is 3.24. The van der Waals surface area contributed by atoms with Crippen LogP contribution in [-0.2, 0) is 23.9 Å². The Morgan fingerprint density at radius 3 is 2.21 bits per heavy atom. The Morgan fingerprint density at radius 1 is 1.17 bits per heavy atom. The summed E-state index contributed by atoms with van der Waals surface area (Å²) in [4.78, 5) is 48.0. The largest absolute Gasteiger partial charge is 0.464 e. The molecule has 7 nitrogen and oxygen atoms in total. The van der Waals surface area contributed by atoms with Crippen LogP contribution in [-0.4, -0.2) is 42.9 Å². The number of Topliss-reactive ketones (excluding diaryl/α,β-unsaturated/α-hetero) is 1. The van der Waals surface area contributed by atoms with Crippen molar-refractivity contribution in [3.8, 4) is 0 Å². The number of ketones is 1. The van der Waals surface area contributed by atoms with E-state index < -0.39 is 29.7 Å². The number of rotatable bonds is 9. The number of nitrogens with one attached hydrogen (secondary N) is 1. The zero-order chi connectivity index (χ0) is 18.2. The van der Waals surface area contributed by atoms with Crippen LogP contribution in [0.15, 0.2) is 24.3 Å². The number of benzene rings is 1. The Kier molecular flexibility index (Phi) is 7.38. The van der Waals surface area contributed by atoms with E-state index in [1.165, 1.54) is 26.0 Å². The fourth-order valence-corrected chi connectivity index (χ4v) is 2.20. The number of carbonyl (C=O) groups excluding carboxylic acids is 4. The van der Waals surface area contributed by atoms with Gasteiger partial charge in [0.1, 0.15) is 0 Å². The van der Waals surface area contributed by atoms with Gasteiger partial charge in [0.25, 0.3) is 0 Å². The molecular weight excluding hydrogens is 338 g/mol. The summed E-state index contributed by atoms with van der Waals surface area (Å²) in [5.74, 6) is -2.70. The van der Waals surface area contributed by atoms with Crippen molar-refractivity contribution in [3.05, 3.63) is 34.9 Å². The molecule has 0 aliphatic rings. The van der Waals surface area contributed by atoms with Gasteiger partial charge in [-0.1, -0.05) is 23.7 Å². The molecule has 24 heavy (non-hydrogen) atoms. The molecule has 0 atom stereocenters. The van der Waals surface area contributed by atoms with E-state index in [9.17, 15) is 19.2 Å². The third-order valence-electron chi connectivity index (χ3n) is 3.13. The number of esters is 2. The summed E-state index contributed by atoms with van der Waals surface area (Å²) in [6.45, 7) is 3.00. The lowest BCUT2D eigenvalue weighted by molar-refractivity contribution is -0.167. The van der Waals surface area contributed by atoms with Gasteiger partial charge in [0.05, 0.1) is 19.6 Å². The molecule has 0 bridgehead atoms. The van der Waals surface area contributed by atoms with Crippen molar-refractivity contribution < 1.29 is 28.7 Å². The summed E-state index contributed by atoms with van der Waals surface area (Å²) < 4.78 is 9.70. The minimum absolute atomic E-state index is 0.0358. The van der Waals surface area contributed by atoms with Crippen LogP contribution < -0.4 is 5.32 Å². The maximum Gasteiger partial charge on any atom is 0.344 e. The van der Waals surface area contributed by atoms with Gasteiger partial charge in [-0.05, 0) is 26.0 Å². The summed E-state index contributed by atoms with van der Waals surface area (Å²) in [7, 11) is 0. The monoisotopic (exact) mass is 355 g/mol. The molecule has 0 heterocycles. The first-order chi connectivity index (χ1) is 11.4. The molecule has 130 valence electrons. The molecule has 0 aliphatic heterocycles. The van der Waals surface area contributed by atoms with Crippen LogP contribution in [0.25, 0.3) is 0 Å². The van der Waals surface area contributed by atoms with E-state index in [1.54, 1.807) is 12.1 Å². The molecule has 1 N–H and O–H groups in total. The quantitative estimate of drug-likeness (QED) is 0.312. The van der Waals surface area contributed by atoms with E-state index in [0.29, 0.717) is 5.02 Å². The summed E-state index contributed by atoms with van der Waals surface area (Å²) >= 11 is 5.84. The van der Waals surface area contributed by atoms with Crippen LogP contribution in [0, 0.1) is 0 Å². The van der Waals surface area contributed by atoms with Gasteiger partial charge in [-0.2, -0.15) is 0 Å². The lowest BCUT2D eigenvalue weighted by atomic mass is 9.90. The fraction of sp³-hybridized carbons (Fsp3) is 0.375. The molecule has 1 aromatic rings. The highest BCUT2D eigenvalue weighted by Crippen LogP contribution is 2.21. The van der Waals surface area contributed by atoms with Gasteiger partial charge in [0, 0.05) is 10.6 Å². The van der Waals surface area contributed by atoms with Crippen LogP contribution in [0.2, 0.25) is 5.02 Å². The Morgan fingerprint density at radius 2 is 1.75 bits per heavy atom. The van der Waals surface area contributed by atoms with Crippen molar-refractivity contribution in [2.75, 3.05) is 13.2 Å². The van der Waals surface area contributed by atoms with Gasteiger partial charge in [-0.15, -0.1) is 0 Å². The van der Waals surface area contributed by atoms with E-state index in [1.807, 2.05) is 0 Å². The Bertz CT molecular complexity index is 613. The number of hydrogen-bond acceptors (Lipinski definition) is 6. The Labute approximate surface area is 144 Å². The van der Waals surface area contributed by atoms with Crippen LogP contribution in [0.1, 0.15) is 30.6 Å². The molecule has 8 heteroatoms. The van der Waals surface area contributed by atoms with Gasteiger partial charge in [0.2, 0.25) is 11.9 Å². The topological polar surface area (TPSA) is 98.8 Å². The second-order valence-electron chi connectivity index (χ2n) is 4.72. The number of amides is 1. The maximum atomic E-state index is 12.5. The fourth-order valence-electron chi connectivity index (χ4n) is 2.01. The lowest BCUT2D eigenvalue weighted by Gasteiger charge is -2.27. The second kappa shape index (κ2) is 9.02. The summed E-state index contributed by atoms with van der Waals surface area (Å²) in [5.41, 5.74) is -2.05. The first kappa shape index (κ1) is 19.6. The highest BCUT2D eigenvalue weighted by Gasteiger charge is 2.50. The second-order valence-corrected chi connectivity index (χ2v) is 5.16. The highest BCUT2D eigenvalue weighted by molar-refractivity contribution is 6.31.